The number of hydrogen-bond acceptors (Lipinski definition) is 2. The molecule has 0 aromatic heterocycles. The van der Waals surface area contributed by atoms with E-state index >= 15 is 0 Å². The molecule has 0 aliphatic carbocycles. The summed E-state index contributed by atoms with van der Waals surface area (Å²) in [6.45, 7) is 3.83. The second-order valence-corrected chi connectivity index (χ2v) is 4.52. The summed E-state index contributed by atoms with van der Waals surface area (Å²) in [4.78, 5) is 11.6. The Morgan fingerprint density at radius 1 is 1.42 bits per heavy atom. The monoisotopic (exact) mass is 316 g/mol. The van der Waals surface area contributed by atoms with Gasteiger partial charge in [0.1, 0.15) is 11.6 Å². The van der Waals surface area contributed by atoms with Crippen molar-refractivity contribution in [3.8, 4) is 6.07 Å². The third kappa shape index (κ3) is 5.36. The van der Waals surface area contributed by atoms with E-state index in [1.165, 1.54) is 6.08 Å². The summed E-state index contributed by atoms with van der Waals surface area (Å²) in [5.41, 5.74) is 1.02. The fraction of sp³-hybridized carbons (Fsp3) is 0.0667. The highest BCUT2D eigenvalue weighted by atomic mass is 79.9. The number of halogens is 1. The van der Waals surface area contributed by atoms with Gasteiger partial charge in [-0.3, -0.25) is 4.79 Å². The van der Waals surface area contributed by atoms with Gasteiger partial charge in [-0.1, -0.05) is 52.3 Å². The second kappa shape index (κ2) is 8.06. The number of carbonyl (C=O) groups is 1. The number of allylic oxidation sites excluding steroid dienone is 2. The Labute approximate surface area is 121 Å². The molecule has 4 heteroatoms. The maximum atomic E-state index is 11.6. The number of amides is 1. The van der Waals surface area contributed by atoms with Gasteiger partial charge in [-0.25, -0.2) is 0 Å². The molecule has 0 atom stereocenters. The molecule has 0 fully saturated rings. The summed E-state index contributed by atoms with van der Waals surface area (Å²) >= 11 is 3.33. The lowest BCUT2D eigenvalue weighted by Gasteiger charge is -2.00. The predicted molar refractivity (Wildman–Crippen MR) is 80.2 cm³/mol. The van der Waals surface area contributed by atoms with Crippen LogP contribution in [0.15, 0.2) is 59.1 Å². The smallest absolute Gasteiger partial charge is 0.262 e. The van der Waals surface area contributed by atoms with Gasteiger partial charge in [0.15, 0.2) is 0 Å². The molecule has 0 heterocycles. The van der Waals surface area contributed by atoms with Crippen molar-refractivity contribution < 1.29 is 4.79 Å². The Morgan fingerprint density at radius 3 is 2.68 bits per heavy atom. The minimum Gasteiger partial charge on any atom is -0.348 e. The van der Waals surface area contributed by atoms with E-state index in [1.807, 2.05) is 42.5 Å². The summed E-state index contributed by atoms with van der Waals surface area (Å²) < 4.78 is 0.656. The molecule has 0 bridgehead atoms. The molecule has 1 amide bonds. The third-order valence-corrected chi connectivity index (χ3v) is 2.62. The fourth-order valence-electron chi connectivity index (χ4n) is 1.30. The lowest BCUT2D eigenvalue weighted by molar-refractivity contribution is -0.116. The molecule has 0 spiro atoms. The highest BCUT2D eigenvalue weighted by Crippen LogP contribution is 2.15. The minimum absolute atomic E-state index is 0.0425. The van der Waals surface area contributed by atoms with Crippen LogP contribution in [0.5, 0.6) is 0 Å². The molecule has 0 saturated heterocycles. The Kier molecular flexibility index (Phi) is 6.34. The first-order chi connectivity index (χ1) is 9.17. The Balaban J connectivity index is 2.86. The maximum Gasteiger partial charge on any atom is 0.262 e. The molecule has 0 aliphatic heterocycles. The quantitative estimate of drug-likeness (QED) is 0.392. The molecular weight excluding hydrogens is 304 g/mol. The zero-order valence-electron chi connectivity index (χ0n) is 10.3. The molecule has 1 aromatic rings. The predicted octanol–water partition coefficient (Wildman–Crippen LogP) is 3.17. The number of nitrogens with one attached hydrogen (secondary N) is 1. The van der Waals surface area contributed by atoms with Gasteiger partial charge in [-0.2, -0.15) is 5.26 Å². The SMILES string of the molecule is C=CCNC(=O)/C(C#N)=C/C(Br)=C/c1ccccc1. The Bertz CT molecular complexity index is 553. The molecule has 1 N–H and O–H groups in total. The number of carbonyl (C=O) groups excluding carboxylic acids is 1. The van der Waals surface area contributed by atoms with Crippen LogP contribution in [0.1, 0.15) is 5.56 Å². The van der Waals surface area contributed by atoms with Crippen LogP contribution < -0.4 is 5.32 Å². The minimum atomic E-state index is -0.416. The summed E-state index contributed by atoms with van der Waals surface area (Å²) in [6.07, 6.45) is 4.88. The van der Waals surface area contributed by atoms with E-state index in [0.717, 1.165) is 5.56 Å². The van der Waals surface area contributed by atoms with Crippen LogP contribution in [0, 0.1) is 11.3 Å². The Hall–Kier alpha value is -2.12. The van der Waals surface area contributed by atoms with Crippen molar-refractivity contribution in [2.24, 2.45) is 0 Å². The van der Waals surface area contributed by atoms with Crippen molar-refractivity contribution in [3.63, 3.8) is 0 Å². The van der Waals surface area contributed by atoms with Crippen LogP contribution in [-0.2, 0) is 4.79 Å². The van der Waals surface area contributed by atoms with E-state index < -0.39 is 5.91 Å². The van der Waals surface area contributed by atoms with Gasteiger partial charge in [-0.15, -0.1) is 6.58 Å². The van der Waals surface area contributed by atoms with Gasteiger partial charge in [-0.05, 0) is 17.7 Å². The summed E-state index contributed by atoms with van der Waals surface area (Å²) in [5.74, 6) is -0.416. The number of benzene rings is 1. The number of hydrogen-bond donors (Lipinski definition) is 1. The van der Waals surface area contributed by atoms with Crippen molar-refractivity contribution >= 4 is 27.9 Å². The van der Waals surface area contributed by atoms with E-state index in [0.29, 0.717) is 11.0 Å². The van der Waals surface area contributed by atoms with Crippen LogP contribution in [0.3, 0.4) is 0 Å². The maximum absolute atomic E-state index is 11.6. The summed E-state index contributed by atoms with van der Waals surface area (Å²) in [6, 6.07) is 11.5. The van der Waals surface area contributed by atoms with Gasteiger partial charge in [0, 0.05) is 11.0 Å². The average Bonchev–Trinajstić information content (AvgIpc) is 2.43. The average molecular weight is 317 g/mol. The first-order valence-electron chi connectivity index (χ1n) is 5.60. The zero-order chi connectivity index (χ0) is 14.1. The third-order valence-electron chi connectivity index (χ3n) is 2.16. The molecule has 0 radical (unpaired) electrons. The van der Waals surface area contributed by atoms with Gasteiger partial charge in [0.25, 0.3) is 5.91 Å². The van der Waals surface area contributed by atoms with Crippen molar-refractivity contribution in [1.29, 1.82) is 5.26 Å². The second-order valence-electron chi connectivity index (χ2n) is 3.61. The first kappa shape index (κ1) is 14.9. The largest absolute Gasteiger partial charge is 0.348 e. The fourth-order valence-corrected chi connectivity index (χ4v) is 1.79. The molecule has 3 nitrogen and oxygen atoms in total. The lowest BCUT2D eigenvalue weighted by Crippen LogP contribution is -2.24. The van der Waals surface area contributed by atoms with E-state index in [4.69, 9.17) is 5.26 Å². The van der Waals surface area contributed by atoms with Crippen molar-refractivity contribution in [1.82, 2.24) is 5.32 Å². The van der Waals surface area contributed by atoms with Crippen LogP contribution in [0.2, 0.25) is 0 Å². The van der Waals surface area contributed by atoms with Gasteiger partial charge >= 0.3 is 0 Å². The number of rotatable bonds is 5. The molecule has 0 saturated carbocycles. The molecule has 96 valence electrons. The zero-order valence-corrected chi connectivity index (χ0v) is 11.9. The standard InChI is InChI=1S/C15H13BrN2O/c1-2-8-18-15(19)13(11-17)10-14(16)9-12-6-4-3-5-7-12/h2-7,9-10H,1,8H2,(H,18,19)/b13-10+,14-9-. The van der Waals surface area contributed by atoms with Crippen molar-refractivity contribution in [2.75, 3.05) is 6.54 Å². The molecule has 19 heavy (non-hydrogen) atoms. The summed E-state index contributed by atoms with van der Waals surface area (Å²) in [7, 11) is 0. The molecule has 0 aliphatic rings. The van der Waals surface area contributed by atoms with Gasteiger partial charge < -0.3 is 5.32 Å². The molecule has 1 aromatic carbocycles. The first-order valence-corrected chi connectivity index (χ1v) is 6.40. The van der Waals surface area contributed by atoms with Crippen LogP contribution in [-0.4, -0.2) is 12.5 Å². The van der Waals surface area contributed by atoms with Crippen LogP contribution >= 0.6 is 15.9 Å². The highest BCUT2D eigenvalue weighted by Gasteiger charge is 2.07. The highest BCUT2D eigenvalue weighted by molar-refractivity contribution is 9.12. The number of nitrogens with zero attached hydrogens (tertiary/aromatic N) is 1. The molecular formula is C15H13BrN2O. The topological polar surface area (TPSA) is 52.9 Å². The summed E-state index contributed by atoms with van der Waals surface area (Å²) in [5, 5.41) is 11.5. The lowest BCUT2D eigenvalue weighted by atomic mass is 10.2. The van der Waals surface area contributed by atoms with Gasteiger partial charge in [0.2, 0.25) is 0 Å². The van der Waals surface area contributed by atoms with Crippen molar-refractivity contribution in [3.05, 3.63) is 64.7 Å². The van der Waals surface area contributed by atoms with Gasteiger partial charge in [0.05, 0.1) is 0 Å². The normalized spacial score (nSPS) is 11.6. The molecule has 0 unspecified atom stereocenters. The van der Waals surface area contributed by atoms with E-state index in [1.54, 1.807) is 6.08 Å². The van der Waals surface area contributed by atoms with E-state index in [-0.39, 0.29) is 5.57 Å². The van der Waals surface area contributed by atoms with Crippen LogP contribution in [0.4, 0.5) is 0 Å². The van der Waals surface area contributed by atoms with E-state index in [9.17, 15) is 4.79 Å². The van der Waals surface area contributed by atoms with Crippen molar-refractivity contribution in [2.45, 2.75) is 0 Å². The molecule has 1 rings (SSSR count). The van der Waals surface area contributed by atoms with Crippen LogP contribution in [0.25, 0.3) is 6.08 Å². The number of nitriles is 1. The Morgan fingerprint density at radius 2 is 2.11 bits per heavy atom. The van der Waals surface area contributed by atoms with E-state index in [2.05, 4.69) is 27.8 Å².